The van der Waals surface area contributed by atoms with Crippen LogP contribution in [0.5, 0.6) is 0 Å². The Morgan fingerprint density at radius 1 is 1.17 bits per heavy atom. The summed E-state index contributed by atoms with van der Waals surface area (Å²) in [7, 11) is 0. The fourth-order valence-electron chi connectivity index (χ4n) is 3.35. The van der Waals surface area contributed by atoms with E-state index in [1.807, 2.05) is 42.2 Å². The number of rotatable bonds is 4. The molecule has 0 spiro atoms. The summed E-state index contributed by atoms with van der Waals surface area (Å²) < 4.78 is 2.11. The maximum Gasteiger partial charge on any atom is 0.226 e. The normalized spacial score (nSPS) is 15.8. The molecule has 1 aromatic heterocycles. The van der Waals surface area contributed by atoms with E-state index in [9.17, 15) is 4.79 Å². The summed E-state index contributed by atoms with van der Waals surface area (Å²) in [6, 6.07) is 12.1. The third-order valence-corrected chi connectivity index (χ3v) is 4.70. The second-order valence-electron chi connectivity index (χ2n) is 6.60. The first kappa shape index (κ1) is 15.8. The molecule has 122 valence electrons. The number of aromatic nitrogens is 2. The highest BCUT2D eigenvalue weighted by Gasteiger charge is 2.23. The number of hydrogen-bond donors (Lipinski definition) is 0. The number of aryl methyl sites for hydroxylation is 2. The van der Waals surface area contributed by atoms with Crippen molar-refractivity contribution in [3.63, 3.8) is 0 Å². The Kier molecular flexibility index (Phi) is 4.79. The summed E-state index contributed by atoms with van der Waals surface area (Å²) in [6.07, 6.45) is 2.65. The van der Waals surface area contributed by atoms with Gasteiger partial charge in [-0.25, -0.2) is 0 Å². The van der Waals surface area contributed by atoms with Crippen molar-refractivity contribution >= 4 is 5.91 Å². The number of carbonyl (C=O) groups is 1. The molecule has 4 heteroatoms. The lowest BCUT2D eigenvalue weighted by atomic mass is 9.96. The van der Waals surface area contributed by atoms with E-state index in [1.165, 1.54) is 5.69 Å². The number of hydrogen-bond acceptors (Lipinski definition) is 2. The maximum absolute atomic E-state index is 12.4. The van der Waals surface area contributed by atoms with Gasteiger partial charge in [0.2, 0.25) is 5.91 Å². The summed E-state index contributed by atoms with van der Waals surface area (Å²) in [5, 5.41) is 4.55. The fourth-order valence-corrected chi connectivity index (χ4v) is 3.35. The van der Waals surface area contributed by atoms with E-state index >= 15 is 0 Å². The highest BCUT2D eigenvalue weighted by atomic mass is 16.2. The van der Waals surface area contributed by atoms with Crippen molar-refractivity contribution in [1.29, 1.82) is 0 Å². The first-order chi connectivity index (χ1) is 11.1. The van der Waals surface area contributed by atoms with Crippen LogP contribution in [0.1, 0.15) is 29.8 Å². The number of piperidine rings is 1. The van der Waals surface area contributed by atoms with Crippen molar-refractivity contribution in [1.82, 2.24) is 14.7 Å². The number of benzene rings is 1. The lowest BCUT2D eigenvalue weighted by Gasteiger charge is -2.32. The van der Waals surface area contributed by atoms with Gasteiger partial charge >= 0.3 is 0 Å². The molecule has 0 saturated carbocycles. The Morgan fingerprint density at radius 3 is 2.48 bits per heavy atom. The Bertz CT molecular complexity index is 655. The van der Waals surface area contributed by atoms with Crippen molar-refractivity contribution in [3.8, 4) is 0 Å². The Morgan fingerprint density at radius 2 is 1.87 bits per heavy atom. The van der Waals surface area contributed by atoms with E-state index in [1.54, 1.807) is 0 Å². The quantitative estimate of drug-likeness (QED) is 0.870. The zero-order valence-electron chi connectivity index (χ0n) is 14.0. The summed E-state index contributed by atoms with van der Waals surface area (Å²) >= 11 is 0. The molecule has 1 saturated heterocycles. The highest BCUT2D eigenvalue weighted by Crippen LogP contribution is 2.20. The van der Waals surface area contributed by atoms with Crippen molar-refractivity contribution in [2.45, 2.75) is 39.7 Å². The largest absolute Gasteiger partial charge is 0.342 e. The molecule has 1 fully saturated rings. The van der Waals surface area contributed by atoms with Gasteiger partial charge < -0.3 is 4.90 Å². The van der Waals surface area contributed by atoms with E-state index in [2.05, 4.69) is 22.8 Å². The third-order valence-electron chi connectivity index (χ3n) is 4.70. The lowest BCUT2D eigenvalue weighted by molar-refractivity contribution is -0.131. The number of amides is 1. The maximum atomic E-state index is 12.4. The molecule has 1 aromatic carbocycles. The van der Waals surface area contributed by atoms with E-state index in [-0.39, 0.29) is 5.91 Å². The lowest BCUT2D eigenvalue weighted by Crippen LogP contribution is -2.40. The van der Waals surface area contributed by atoms with Crippen LogP contribution in [-0.4, -0.2) is 33.7 Å². The van der Waals surface area contributed by atoms with E-state index in [4.69, 9.17) is 0 Å². The molecule has 0 aliphatic carbocycles. The number of carbonyl (C=O) groups excluding carboxylic acids is 1. The zero-order chi connectivity index (χ0) is 16.2. The molecule has 3 rings (SSSR count). The van der Waals surface area contributed by atoms with Crippen molar-refractivity contribution in [3.05, 3.63) is 53.3 Å². The predicted octanol–water partition coefficient (Wildman–Crippen LogP) is 2.98. The highest BCUT2D eigenvalue weighted by molar-refractivity contribution is 5.78. The van der Waals surface area contributed by atoms with Crippen molar-refractivity contribution in [2.75, 3.05) is 13.1 Å². The molecule has 1 amide bonds. The minimum Gasteiger partial charge on any atom is -0.342 e. The van der Waals surface area contributed by atoms with Crippen LogP contribution in [0.4, 0.5) is 0 Å². The minimum absolute atomic E-state index is 0.251. The summed E-state index contributed by atoms with van der Waals surface area (Å²) in [4.78, 5) is 14.4. The Balaban J connectivity index is 1.50. The second kappa shape index (κ2) is 6.99. The van der Waals surface area contributed by atoms with Crippen molar-refractivity contribution < 1.29 is 4.79 Å². The summed E-state index contributed by atoms with van der Waals surface area (Å²) in [6.45, 7) is 6.86. The van der Waals surface area contributed by atoms with Gasteiger partial charge in [-0.3, -0.25) is 9.48 Å². The van der Waals surface area contributed by atoms with Gasteiger partial charge in [-0.1, -0.05) is 30.3 Å². The first-order valence-corrected chi connectivity index (χ1v) is 8.44. The smallest absolute Gasteiger partial charge is 0.226 e. The van der Waals surface area contributed by atoms with Crippen LogP contribution in [-0.2, 0) is 17.8 Å². The Labute approximate surface area is 138 Å². The average Bonchev–Trinajstić information content (AvgIpc) is 2.86. The average molecular weight is 311 g/mol. The van der Waals surface area contributed by atoms with Gasteiger partial charge in [-0.05, 0) is 44.2 Å². The first-order valence-electron chi connectivity index (χ1n) is 8.44. The van der Waals surface area contributed by atoms with Crippen LogP contribution in [0.25, 0.3) is 0 Å². The van der Waals surface area contributed by atoms with E-state index in [0.29, 0.717) is 12.3 Å². The number of nitrogens with zero attached hydrogens (tertiary/aromatic N) is 3. The summed E-state index contributed by atoms with van der Waals surface area (Å²) in [5.41, 5.74) is 3.41. The molecular weight excluding hydrogens is 286 g/mol. The molecule has 0 unspecified atom stereocenters. The van der Waals surface area contributed by atoms with Crippen LogP contribution in [0.15, 0.2) is 36.4 Å². The molecular formula is C19H25N3O. The second-order valence-corrected chi connectivity index (χ2v) is 6.60. The summed E-state index contributed by atoms with van der Waals surface area (Å²) in [5.74, 6) is 0.870. The van der Waals surface area contributed by atoms with E-state index in [0.717, 1.165) is 43.7 Å². The van der Waals surface area contributed by atoms with Crippen LogP contribution in [0, 0.1) is 19.8 Å². The molecule has 0 radical (unpaired) electrons. The monoisotopic (exact) mass is 311 g/mol. The van der Waals surface area contributed by atoms with Crippen LogP contribution >= 0.6 is 0 Å². The van der Waals surface area contributed by atoms with Gasteiger partial charge in [-0.2, -0.15) is 5.10 Å². The molecule has 0 atom stereocenters. The molecule has 0 N–H and O–H groups in total. The standard InChI is InChI=1S/C19H25N3O/c1-15-12-16(2)22(20-15)14-18-8-10-21(11-9-18)19(23)13-17-6-4-3-5-7-17/h3-7,12,18H,8-11,13-14H2,1-2H3. The molecule has 1 aliphatic heterocycles. The van der Waals surface area contributed by atoms with Crippen LogP contribution < -0.4 is 0 Å². The predicted molar refractivity (Wildman–Crippen MR) is 91.2 cm³/mol. The molecule has 23 heavy (non-hydrogen) atoms. The molecule has 4 nitrogen and oxygen atoms in total. The van der Waals surface area contributed by atoms with Gasteiger partial charge in [0.15, 0.2) is 0 Å². The van der Waals surface area contributed by atoms with E-state index < -0.39 is 0 Å². The van der Waals surface area contributed by atoms with Gasteiger partial charge in [0.25, 0.3) is 0 Å². The van der Waals surface area contributed by atoms with Crippen LogP contribution in [0.3, 0.4) is 0 Å². The topological polar surface area (TPSA) is 38.1 Å². The molecule has 1 aliphatic rings. The van der Waals surface area contributed by atoms with Gasteiger partial charge in [0.1, 0.15) is 0 Å². The third kappa shape index (κ3) is 4.01. The zero-order valence-corrected chi connectivity index (χ0v) is 14.0. The van der Waals surface area contributed by atoms with Gasteiger partial charge in [-0.15, -0.1) is 0 Å². The fraction of sp³-hybridized carbons (Fsp3) is 0.474. The SMILES string of the molecule is Cc1cc(C)n(CC2CCN(C(=O)Cc3ccccc3)CC2)n1. The molecule has 2 heterocycles. The number of likely N-dealkylation sites (tertiary alicyclic amines) is 1. The van der Waals surface area contributed by atoms with Crippen molar-refractivity contribution in [2.24, 2.45) is 5.92 Å². The molecule has 0 bridgehead atoms. The van der Waals surface area contributed by atoms with Gasteiger partial charge in [0.05, 0.1) is 12.1 Å². The van der Waals surface area contributed by atoms with Crippen LogP contribution in [0.2, 0.25) is 0 Å². The Hall–Kier alpha value is -2.10. The minimum atomic E-state index is 0.251. The molecule has 2 aromatic rings. The van der Waals surface area contributed by atoms with Gasteiger partial charge in [0, 0.05) is 25.3 Å².